The third-order valence-corrected chi connectivity index (χ3v) is 4.77. The number of carbonyl (C=O) groups excluding carboxylic acids is 2. The lowest BCUT2D eigenvalue weighted by molar-refractivity contribution is -0.130. The molecule has 0 atom stereocenters. The molecule has 1 saturated heterocycles. The van der Waals surface area contributed by atoms with Gasteiger partial charge in [0.2, 0.25) is 0 Å². The standard InChI is InChI=1S/C17H23N3O2/c1-17(2)15(21)20(16(22)18-17)9-8-19(3)14-10-12-6-4-5-7-13(12)11-14/h4-7,14H,8-11H2,1-3H3,(H,18,22). The van der Waals surface area contributed by atoms with E-state index in [-0.39, 0.29) is 11.9 Å². The van der Waals surface area contributed by atoms with Crippen LogP contribution in [0.2, 0.25) is 0 Å². The second kappa shape index (κ2) is 5.39. The summed E-state index contributed by atoms with van der Waals surface area (Å²) in [5, 5.41) is 2.72. The zero-order valence-corrected chi connectivity index (χ0v) is 13.4. The van der Waals surface area contributed by atoms with Gasteiger partial charge in [-0.25, -0.2) is 4.79 Å². The molecular weight excluding hydrogens is 278 g/mol. The Hall–Kier alpha value is -1.88. The summed E-state index contributed by atoms with van der Waals surface area (Å²) >= 11 is 0. The largest absolute Gasteiger partial charge is 0.325 e. The Morgan fingerprint density at radius 3 is 2.32 bits per heavy atom. The summed E-state index contributed by atoms with van der Waals surface area (Å²) in [6, 6.07) is 8.70. The van der Waals surface area contributed by atoms with Gasteiger partial charge in [0.15, 0.2) is 0 Å². The van der Waals surface area contributed by atoms with Gasteiger partial charge in [-0.1, -0.05) is 24.3 Å². The molecule has 0 aromatic heterocycles. The van der Waals surface area contributed by atoms with Crippen LogP contribution in [0.5, 0.6) is 0 Å². The number of amides is 3. The first-order chi connectivity index (χ1) is 10.4. The average Bonchev–Trinajstić information content (AvgIpc) is 2.97. The number of hydrogen-bond acceptors (Lipinski definition) is 3. The van der Waals surface area contributed by atoms with E-state index in [1.54, 1.807) is 13.8 Å². The van der Waals surface area contributed by atoms with Gasteiger partial charge in [-0.2, -0.15) is 0 Å². The number of likely N-dealkylation sites (N-methyl/N-ethyl adjacent to an activating group) is 1. The molecule has 0 bridgehead atoms. The minimum absolute atomic E-state index is 0.138. The highest BCUT2D eigenvalue weighted by atomic mass is 16.2. The fourth-order valence-electron chi connectivity index (χ4n) is 3.31. The Morgan fingerprint density at radius 2 is 1.82 bits per heavy atom. The van der Waals surface area contributed by atoms with Gasteiger partial charge >= 0.3 is 6.03 Å². The summed E-state index contributed by atoms with van der Waals surface area (Å²) in [4.78, 5) is 27.6. The highest BCUT2D eigenvalue weighted by Gasteiger charge is 2.44. The summed E-state index contributed by atoms with van der Waals surface area (Å²) in [5.41, 5.74) is 2.05. The molecule has 22 heavy (non-hydrogen) atoms. The van der Waals surface area contributed by atoms with Crippen LogP contribution < -0.4 is 5.32 Å². The van der Waals surface area contributed by atoms with E-state index in [4.69, 9.17) is 0 Å². The lowest BCUT2D eigenvalue weighted by atomic mass is 10.1. The van der Waals surface area contributed by atoms with E-state index >= 15 is 0 Å². The van der Waals surface area contributed by atoms with Crippen molar-refractivity contribution in [2.75, 3.05) is 20.1 Å². The molecule has 0 spiro atoms. The molecule has 5 nitrogen and oxygen atoms in total. The van der Waals surface area contributed by atoms with E-state index in [0.717, 1.165) is 12.8 Å². The minimum atomic E-state index is -0.779. The number of fused-ring (bicyclic) bond motifs is 1. The van der Waals surface area contributed by atoms with E-state index < -0.39 is 5.54 Å². The van der Waals surface area contributed by atoms with Crippen LogP contribution in [0.25, 0.3) is 0 Å². The van der Waals surface area contributed by atoms with E-state index in [9.17, 15) is 9.59 Å². The van der Waals surface area contributed by atoms with Gasteiger partial charge in [-0.3, -0.25) is 9.69 Å². The van der Waals surface area contributed by atoms with Crippen molar-refractivity contribution < 1.29 is 9.59 Å². The molecule has 1 N–H and O–H groups in total. The van der Waals surface area contributed by atoms with Crippen LogP contribution >= 0.6 is 0 Å². The van der Waals surface area contributed by atoms with Gasteiger partial charge in [0.1, 0.15) is 5.54 Å². The van der Waals surface area contributed by atoms with Gasteiger partial charge in [-0.05, 0) is 44.9 Å². The predicted molar refractivity (Wildman–Crippen MR) is 84.6 cm³/mol. The minimum Gasteiger partial charge on any atom is -0.324 e. The normalized spacial score (nSPS) is 20.6. The summed E-state index contributed by atoms with van der Waals surface area (Å²) in [6.07, 6.45) is 2.08. The van der Waals surface area contributed by atoms with Crippen LogP contribution in [0.3, 0.4) is 0 Å². The molecular formula is C17H23N3O2. The first-order valence-electron chi connectivity index (χ1n) is 7.79. The molecule has 0 saturated carbocycles. The number of urea groups is 1. The second-order valence-electron chi connectivity index (χ2n) is 6.82. The molecule has 0 radical (unpaired) electrons. The summed E-state index contributed by atoms with van der Waals surface area (Å²) in [7, 11) is 2.07. The van der Waals surface area contributed by atoms with Crippen molar-refractivity contribution in [2.24, 2.45) is 0 Å². The zero-order chi connectivity index (χ0) is 15.9. The topological polar surface area (TPSA) is 52.6 Å². The third-order valence-electron chi connectivity index (χ3n) is 4.77. The Balaban J connectivity index is 1.57. The van der Waals surface area contributed by atoms with Gasteiger partial charge in [0.05, 0.1) is 0 Å². The highest BCUT2D eigenvalue weighted by molar-refractivity contribution is 6.06. The van der Waals surface area contributed by atoms with Crippen LogP contribution in [0, 0.1) is 0 Å². The number of benzene rings is 1. The quantitative estimate of drug-likeness (QED) is 0.856. The molecule has 5 heteroatoms. The van der Waals surface area contributed by atoms with Crippen molar-refractivity contribution in [1.29, 1.82) is 0 Å². The van der Waals surface area contributed by atoms with Crippen LogP contribution in [0.15, 0.2) is 24.3 Å². The van der Waals surface area contributed by atoms with Crippen molar-refractivity contribution in [3.63, 3.8) is 0 Å². The Bertz CT molecular complexity index is 587. The Morgan fingerprint density at radius 1 is 1.23 bits per heavy atom. The number of imide groups is 1. The second-order valence-corrected chi connectivity index (χ2v) is 6.82. The molecule has 1 aromatic carbocycles. The first kappa shape index (κ1) is 15.0. The summed E-state index contributed by atoms with van der Waals surface area (Å²) in [5.74, 6) is -0.138. The summed E-state index contributed by atoms with van der Waals surface area (Å²) < 4.78 is 0. The monoisotopic (exact) mass is 301 g/mol. The maximum atomic E-state index is 12.2. The molecule has 1 heterocycles. The molecule has 0 unspecified atom stereocenters. The highest BCUT2D eigenvalue weighted by Crippen LogP contribution is 2.25. The molecule has 3 rings (SSSR count). The number of nitrogens with zero attached hydrogens (tertiary/aromatic N) is 2. The Kier molecular flexibility index (Phi) is 3.68. The zero-order valence-electron chi connectivity index (χ0n) is 13.4. The van der Waals surface area contributed by atoms with Gasteiger partial charge in [0, 0.05) is 19.1 Å². The average molecular weight is 301 g/mol. The van der Waals surface area contributed by atoms with Crippen LogP contribution in [0.4, 0.5) is 4.79 Å². The van der Waals surface area contributed by atoms with Crippen molar-refractivity contribution >= 4 is 11.9 Å². The van der Waals surface area contributed by atoms with Crippen LogP contribution in [-0.4, -0.2) is 53.5 Å². The lowest BCUT2D eigenvalue weighted by Crippen LogP contribution is -2.43. The first-order valence-corrected chi connectivity index (χ1v) is 7.79. The fourth-order valence-corrected chi connectivity index (χ4v) is 3.31. The molecule has 1 aromatic rings. The van der Waals surface area contributed by atoms with Gasteiger partial charge in [-0.15, -0.1) is 0 Å². The lowest BCUT2D eigenvalue weighted by Gasteiger charge is -2.26. The number of rotatable bonds is 4. The van der Waals surface area contributed by atoms with E-state index in [2.05, 4.69) is 41.5 Å². The third kappa shape index (κ3) is 2.61. The summed E-state index contributed by atoms with van der Waals surface area (Å²) in [6.45, 7) is 4.63. The van der Waals surface area contributed by atoms with Crippen molar-refractivity contribution in [2.45, 2.75) is 38.3 Å². The van der Waals surface area contributed by atoms with Gasteiger partial charge in [0.25, 0.3) is 5.91 Å². The number of nitrogens with one attached hydrogen (secondary N) is 1. The molecule has 3 amide bonds. The Labute approximate surface area is 131 Å². The maximum Gasteiger partial charge on any atom is 0.325 e. The van der Waals surface area contributed by atoms with E-state index in [1.807, 2.05) is 0 Å². The van der Waals surface area contributed by atoms with Crippen LogP contribution in [-0.2, 0) is 17.6 Å². The maximum absolute atomic E-state index is 12.2. The van der Waals surface area contributed by atoms with Crippen molar-refractivity contribution in [1.82, 2.24) is 15.1 Å². The molecule has 1 fully saturated rings. The van der Waals surface area contributed by atoms with E-state index in [0.29, 0.717) is 19.1 Å². The predicted octanol–water partition coefficient (Wildman–Crippen LogP) is 1.42. The SMILES string of the molecule is CN(CCN1C(=O)NC(C)(C)C1=O)C1Cc2ccccc2C1. The molecule has 1 aliphatic heterocycles. The van der Waals surface area contributed by atoms with Crippen LogP contribution in [0.1, 0.15) is 25.0 Å². The number of carbonyl (C=O) groups is 2. The fraction of sp³-hybridized carbons (Fsp3) is 0.529. The number of hydrogen-bond donors (Lipinski definition) is 1. The molecule has 118 valence electrons. The molecule has 1 aliphatic carbocycles. The van der Waals surface area contributed by atoms with E-state index in [1.165, 1.54) is 16.0 Å². The molecule has 2 aliphatic rings. The van der Waals surface area contributed by atoms with Crippen molar-refractivity contribution in [3.8, 4) is 0 Å². The van der Waals surface area contributed by atoms with Gasteiger partial charge < -0.3 is 10.2 Å². The van der Waals surface area contributed by atoms with Crippen molar-refractivity contribution in [3.05, 3.63) is 35.4 Å². The smallest absolute Gasteiger partial charge is 0.324 e.